The molecular formula is C24H36Cl2O6. The average molecular weight is 491 g/mol. The van der Waals surface area contributed by atoms with Crippen molar-refractivity contribution < 1.29 is 28.6 Å². The van der Waals surface area contributed by atoms with E-state index in [0.29, 0.717) is 38.5 Å². The zero-order chi connectivity index (χ0) is 24.4. The molecule has 32 heavy (non-hydrogen) atoms. The highest BCUT2D eigenvalue weighted by molar-refractivity contribution is 6.38. The maximum absolute atomic E-state index is 13.5. The maximum Gasteiger partial charge on any atom is 0.328 e. The molecule has 0 heterocycles. The number of hydrogen-bond donors (Lipinski definition) is 0. The van der Waals surface area contributed by atoms with Gasteiger partial charge in [0.15, 0.2) is 4.87 Å². The Morgan fingerprint density at radius 1 is 0.812 bits per heavy atom. The molecule has 6 nitrogen and oxygen atoms in total. The molecule has 0 spiro atoms. The standard InChI is InChI=1S/C24H36Cl2O6/c1-19(2,3)30-17(28)22-8-15-9-23(11-22,18(29)31-20(4,5)6)13-24(10-15,12-22)32-16(27)21(7,26)14-25/h15H,8-14H2,1-7H3. The van der Waals surface area contributed by atoms with Gasteiger partial charge in [-0.25, -0.2) is 0 Å². The van der Waals surface area contributed by atoms with Crippen LogP contribution in [0.4, 0.5) is 0 Å². The molecule has 4 bridgehead atoms. The van der Waals surface area contributed by atoms with E-state index in [4.69, 9.17) is 37.4 Å². The number of alkyl halides is 2. The van der Waals surface area contributed by atoms with Crippen LogP contribution in [-0.2, 0) is 28.6 Å². The van der Waals surface area contributed by atoms with E-state index in [2.05, 4.69) is 0 Å². The highest BCUT2D eigenvalue weighted by atomic mass is 35.5. The molecule has 4 saturated carbocycles. The molecule has 0 aromatic rings. The van der Waals surface area contributed by atoms with Gasteiger partial charge in [-0.15, -0.1) is 23.2 Å². The summed E-state index contributed by atoms with van der Waals surface area (Å²) < 4.78 is 17.7. The second-order valence-corrected chi connectivity index (χ2v) is 13.6. The summed E-state index contributed by atoms with van der Waals surface area (Å²) in [7, 11) is 0. The van der Waals surface area contributed by atoms with E-state index in [0.717, 1.165) is 0 Å². The van der Waals surface area contributed by atoms with E-state index < -0.39 is 38.5 Å². The predicted octanol–water partition coefficient (Wildman–Crippen LogP) is 5.16. The van der Waals surface area contributed by atoms with E-state index in [-0.39, 0.29) is 23.7 Å². The molecule has 0 aliphatic heterocycles. The first-order valence-corrected chi connectivity index (χ1v) is 12.2. The van der Waals surface area contributed by atoms with Crippen molar-refractivity contribution >= 4 is 41.1 Å². The van der Waals surface area contributed by atoms with Crippen LogP contribution in [0.2, 0.25) is 0 Å². The van der Waals surface area contributed by atoms with E-state index in [9.17, 15) is 14.4 Å². The Balaban J connectivity index is 2.02. The van der Waals surface area contributed by atoms with Gasteiger partial charge in [0.2, 0.25) is 0 Å². The van der Waals surface area contributed by atoms with Crippen molar-refractivity contribution in [1.29, 1.82) is 0 Å². The normalized spacial score (nSPS) is 35.7. The minimum Gasteiger partial charge on any atom is -0.460 e. The minimum atomic E-state index is -1.39. The van der Waals surface area contributed by atoms with Crippen molar-refractivity contribution in [2.75, 3.05) is 5.88 Å². The fourth-order valence-corrected chi connectivity index (χ4v) is 6.20. The Labute approximate surface area is 201 Å². The van der Waals surface area contributed by atoms with Crippen LogP contribution in [0.1, 0.15) is 87.0 Å². The molecule has 0 radical (unpaired) electrons. The predicted molar refractivity (Wildman–Crippen MR) is 122 cm³/mol. The van der Waals surface area contributed by atoms with Crippen LogP contribution in [0.5, 0.6) is 0 Å². The van der Waals surface area contributed by atoms with Gasteiger partial charge in [0, 0.05) is 12.8 Å². The molecule has 8 heteroatoms. The third-order valence-electron chi connectivity index (χ3n) is 6.67. The Kier molecular flexibility index (Phi) is 6.21. The first-order valence-electron chi connectivity index (χ1n) is 11.3. The van der Waals surface area contributed by atoms with Crippen molar-refractivity contribution in [1.82, 2.24) is 0 Å². The number of halogens is 2. The molecule has 0 amide bonds. The lowest BCUT2D eigenvalue weighted by Gasteiger charge is -2.63. The molecule has 0 N–H and O–H groups in total. The van der Waals surface area contributed by atoms with Crippen molar-refractivity contribution in [3.8, 4) is 0 Å². The zero-order valence-corrected chi connectivity index (χ0v) is 21.7. The first kappa shape index (κ1) is 25.6. The fourth-order valence-electron chi connectivity index (χ4n) is 6.05. The van der Waals surface area contributed by atoms with Gasteiger partial charge in [-0.3, -0.25) is 14.4 Å². The van der Waals surface area contributed by atoms with Gasteiger partial charge < -0.3 is 14.2 Å². The molecule has 3 atom stereocenters. The lowest BCUT2D eigenvalue weighted by Crippen LogP contribution is -2.66. The summed E-state index contributed by atoms with van der Waals surface area (Å²) in [5.41, 5.74) is -4.14. The van der Waals surface area contributed by atoms with Crippen molar-refractivity contribution in [2.45, 2.75) is 109 Å². The van der Waals surface area contributed by atoms with Crippen LogP contribution in [-0.4, -0.2) is 45.5 Å². The lowest BCUT2D eigenvalue weighted by molar-refractivity contribution is -0.242. The number of ether oxygens (including phenoxy) is 3. The Bertz CT molecular complexity index is 762. The number of rotatable bonds is 5. The van der Waals surface area contributed by atoms with Gasteiger partial charge in [-0.1, -0.05) is 0 Å². The second-order valence-electron chi connectivity index (χ2n) is 12.5. The molecule has 4 aliphatic rings. The number of hydrogen-bond acceptors (Lipinski definition) is 6. The zero-order valence-electron chi connectivity index (χ0n) is 20.2. The molecule has 4 fully saturated rings. The Hall–Kier alpha value is -1.01. The van der Waals surface area contributed by atoms with E-state index in [1.807, 2.05) is 41.5 Å². The summed E-state index contributed by atoms with van der Waals surface area (Å²) >= 11 is 12.2. The molecule has 4 aliphatic carbocycles. The number of carbonyl (C=O) groups excluding carboxylic acids is 3. The lowest BCUT2D eigenvalue weighted by atomic mass is 9.42. The Morgan fingerprint density at radius 2 is 1.25 bits per heavy atom. The first-order chi connectivity index (χ1) is 14.4. The molecule has 3 unspecified atom stereocenters. The van der Waals surface area contributed by atoms with Crippen molar-refractivity contribution in [3.63, 3.8) is 0 Å². The van der Waals surface area contributed by atoms with Crippen LogP contribution >= 0.6 is 23.2 Å². The van der Waals surface area contributed by atoms with Crippen molar-refractivity contribution in [2.24, 2.45) is 16.7 Å². The SMILES string of the molecule is CC(C)(C)OC(=O)C12CC3CC(OC(=O)C(C)(Cl)CCl)(C1)CC(C(=O)OC(C)(C)C)(C3)C2. The number of carbonyl (C=O) groups is 3. The monoisotopic (exact) mass is 490 g/mol. The summed E-state index contributed by atoms with van der Waals surface area (Å²) in [4.78, 5) is 38.5. The number of esters is 3. The Morgan fingerprint density at radius 3 is 1.62 bits per heavy atom. The van der Waals surface area contributed by atoms with E-state index in [1.54, 1.807) is 0 Å². The quantitative estimate of drug-likeness (QED) is 0.300. The van der Waals surface area contributed by atoms with E-state index >= 15 is 0 Å². The van der Waals surface area contributed by atoms with Gasteiger partial charge in [-0.05, 0) is 80.1 Å². The minimum absolute atomic E-state index is 0.0386. The van der Waals surface area contributed by atoms with Gasteiger partial charge in [0.1, 0.15) is 16.8 Å². The third kappa shape index (κ3) is 4.91. The molecule has 4 rings (SSSR count). The highest BCUT2D eigenvalue weighted by Gasteiger charge is 2.71. The summed E-state index contributed by atoms with van der Waals surface area (Å²) in [6, 6.07) is 0. The smallest absolute Gasteiger partial charge is 0.328 e. The topological polar surface area (TPSA) is 78.9 Å². The second kappa shape index (κ2) is 7.76. The van der Waals surface area contributed by atoms with Crippen LogP contribution in [0.3, 0.4) is 0 Å². The van der Waals surface area contributed by atoms with Crippen LogP contribution < -0.4 is 0 Å². The fraction of sp³-hybridized carbons (Fsp3) is 0.875. The summed E-state index contributed by atoms with van der Waals surface area (Å²) in [6.07, 6.45) is 2.78. The summed E-state index contributed by atoms with van der Waals surface area (Å²) in [5, 5.41) is 0. The molecular weight excluding hydrogens is 455 g/mol. The molecule has 0 aromatic heterocycles. The average Bonchev–Trinajstić information content (AvgIpc) is 2.57. The highest BCUT2D eigenvalue weighted by Crippen LogP contribution is 2.68. The largest absolute Gasteiger partial charge is 0.460 e. The van der Waals surface area contributed by atoms with Crippen molar-refractivity contribution in [3.05, 3.63) is 0 Å². The van der Waals surface area contributed by atoms with Crippen LogP contribution in [0.15, 0.2) is 0 Å². The van der Waals surface area contributed by atoms with Gasteiger partial charge in [-0.2, -0.15) is 0 Å². The maximum atomic E-state index is 13.5. The van der Waals surface area contributed by atoms with Crippen LogP contribution in [0, 0.1) is 16.7 Å². The molecule has 182 valence electrons. The third-order valence-corrected chi connectivity index (χ3v) is 7.63. The van der Waals surface area contributed by atoms with E-state index in [1.165, 1.54) is 6.92 Å². The van der Waals surface area contributed by atoms with Gasteiger partial charge in [0.25, 0.3) is 0 Å². The molecule has 0 aromatic carbocycles. The summed E-state index contributed by atoms with van der Waals surface area (Å²) in [5.74, 6) is -1.38. The van der Waals surface area contributed by atoms with Gasteiger partial charge in [0.05, 0.1) is 16.7 Å². The summed E-state index contributed by atoms with van der Waals surface area (Å²) in [6.45, 7) is 12.5. The van der Waals surface area contributed by atoms with Crippen LogP contribution in [0.25, 0.3) is 0 Å². The van der Waals surface area contributed by atoms with Gasteiger partial charge >= 0.3 is 17.9 Å². The molecule has 0 saturated heterocycles.